The van der Waals surface area contributed by atoms with Gasteiger partial charge in [-0.15, -0.1) is 11.3 Å². The van der Waals surface area contributed by atoms with E-state index in [2.05, 4.69) is 33.5 Å². The summed E-state index contributed by atoms with van der Waals surface area (Å²) in [6, 6.07) is 9.98. The summed E-state index contributed by atoms with van der Waals surface area (Å²) in [7, 11) is 1.68. The molecule has 6 rings (SSSR count). The molecule has 0 aliphatic carbocycles. The molecule has 0 amide bonds. The van der Waals surface area contributed by atoms with E-state index in [4.69, 9.17) is 19.2 Å². The van der Waals surface area contributed by atoms with Gasteiger partial charge in [0.1, 0.15) is 17.0 Å². The molecule has 0 saturated heterocycles. The molecule has 5 aromatic heterocycles. The van der Waals surface area contributed by atoms with E-state index in [-0.39, 0.29) is 6.04 Å². The molecule has 0 spiro atoms. The highest BCUT2D eigenvalue weighted by Gasteiger charge is 2.24. The maximum Gasteiger partial charge on any atom is 0.176 e. The Kier molecular flexibility index (Phi) is 5.92. The minimum absolute atomic E-state index is 0.0754. The molecule has 0 fully saturated rings. The van der Waals surface area contributed by atoms with E-state index in [0.29, 0.717) is 0 Å². The lowest BCUT2D eigenvalue weighted by Crippen LogP contribution is -2.10. The van der Waals surface area contributed by atoms with E-state index in [1.807, 2.05) is 62.8 Å². The molecule has 1 atom stereocenters. The molecule has 0 aliphatic heterocycles. The Morgan fingerprint density at radius 1 is 1.05 bits per heavy atom. The van der Waals surface area contributed by atoms with Crippen molar-refractivity contribution in [3.05, 3.63) is 70.9 Å². The molecule has 6 aromatic rings. The van der Waals surface area contributed by atoms with Gasteiger partial charge in [0, 0.05) is 28.2 Å². The van der Waals surface area contributed by atoms with Gasteiger partial charge in [-0.3, -0.25) is 9.97 Å². The lowest BCUT2D eigenvalue weighted by Gasteiger charge is -2.18. The molecular formula is C27H24N6O2S2. The highest BCUT2D eigenvalue weighted by atomic mass is 32.2. The molecule has 0 N–H and O–H groups in total. The van der Waals surface area contributed by atoms with Crippen LogP contribution in [0, 0.1) is 20.8 Å². The molecule has 186 valence electrons. The van der Waals surface area contributed by atoms with Gasteiger partial charge in [-0.1, -0.05) is 11.2 Å². The van der Waals surface area contributed by atoms with Crippen LogP contribution in [0.1, 0.15) is 35.0 Å². The number of benzene rings is 1. The zero-order valence-electron chi connectivity index (χ0n) is 21.0. The summed E-state index contributed by atoms with van der Waals surface area (Å²) < 4.78 is 14.5. The van der Waals surface area contributed by atoms with Crippen LogP contribution in [0.25, 0.3) is 33.1 Å². The van der Waals surface area contributed by atoms with Crippen molar-refractivity contribution < 1.29 is 9.26 Å². The van der Waals surface area contributed by atoms with Crippen LogP contribution in [-0.2, 0) is 0 Å². The minimum Gasteiger partial charge on any atom is -0.496 e. The highest BCUT2D eigenvalue weighted by molar-refractivity contribution is 8.00. The van der Waals surface area contributed by atoms with Gasteiger partial charge in [-0.25, -0.2) is 9.97 Å². The maximum absolute atomic E-state index is 5.87. The third-order valence-corrected chi connectivity index (χ3v) is 8.35. The number of methoxy groups -OCH3 is 1. The SMILES string of the molecule is COc1cc2c(cc1-c1c(C)noc1C)ncc1nc(Sc3ncc(C)s3)n([C@H](C)c3ccccn3)c12. The van der Waals surface area contributed by atoms with Crippen molar-refractivity contribution >= 4 is 45.0 Å². The number of hydrogen-bond acceptors (Lipinski definition) is 9. The van der Waals surface area contributed by atoms with E-state index >= 15 is 0 Å². The third kappa shape index (κ3) is 4.06. The average Bonchev–Trinajstić information content (AvgIpc) is 3.59. The normalized spacial score (nSPS) is 12.5. The van der Waals surface area contributed by atoms with E-state index in [1.165, 1.54) is 0 Å². The standard InChI is InChI=1S/C27H24N6O2S2/c1-14-12-30-27(36-14)37-26-31-22-13-29-21-10-19(24-15(2)32-35-17(24)4)23(34-5)11-18(21)25(22)33(26)16(3)20-8-6-7-9-28-20/h6-13,16H,1-5H3/t16-/m1/s1. The Morgan fingerprint density at radius 3 is 2.59 bits per heavy atom. The van der Waals surface area contributed by atoms with Crippen LogP contribution in [0.2, 0.25) is 0 Å². The molecule has 0 radical (unpaired) electrons. The van der Waals surface area contributed by atoms with Gasteiger partial charge in [-0.05, 0) is 63.7 Å². The summed E-state index contributed by atoms with van der Waals surface area (Å²) in [5.74, 6) is 1.46. The van der Waals surface area contributed by atoms with Crippen molar-refractivity contribution in [2.75, 3.05) is 7.11 Å². The number of thiazole rings is 1. The van der Waals surface area contributed by atoms with Crippen molar-refractivity contribution in [3.8, 4) is 16.9 Å². The maximum atomic E-state index is 5.87. The number of ether oxygens (including phenoxy) is 1. The van der Waals surface area contributed by atoms with Gasteiger partial charge < -0.3 is 13.8 Å². The summed E-state index contributed by atoms with van der Waals surface area (Å²) >= 11 is 3.21. The summed E-state index contributed by atoms with van der Waals surface area (Å²) in [6.07, 6.45) is 5.54. The predicted octanol–water partition coefficient (Wildman–Crippen LogP) is 6.79. The van der Waals surface area contributed by atoms with Crippen LogP contribution in [0.3, 0.4) is 0 Å². The predicted molar refractivity (Wildman–Crippen MR) is 146 cm³/mol. The molecule has 1 aromatic carbocycles. The zero-order chi connectivity index (χ0) is 25.7. The largest absolute Gasteiger partial charge is 0.496 e. The number of pyridine rings is 2. The molecule has 10 heteroatoms. The fraction of sp³-hybridized carbons (Fsp3) is 0.222. The second-order valence-corrected chi connectivity index (χ2v) is 11.2. The van der Waals surface area contributed by atoms with Gasteiger partial charge in [0.05, 0.1) is 47.3 Å². The Balaban J connectivity index is 1.63. The van der Waals surface area contributed by atoms with Crippen LogP contribution in [0.4, 0.5) is 0 Å². The Hall–Kier alpha value is -3.76. The first-order valence-electron chi connectivity index (χ1n) is 11.8. The molecule has 8 nitrogen and oxygen atoms in total. The fourth-order valence-electron chi connectivity index (χ4n) is 4.66. The molecule has 37 heavy (non-hydrogen) atoms. The first kappa shape index (κ1) is 23.6. The number of imidazole rings is 1. The van der Waals surface area contributed by atoms with Crippen molar-refractivity contribution in [2.24, 2.45) is 0 Å². The minimum atomic E-state index is -0.0754. The number of aryl methyl sites for hydroxylation is 3. The number of fused-ring (bicyclic) bond motifs is 3. The van der Waals surface area contributed by atoms with Crippen LogP contribution < -0.4 is 4.74 Å². The zero-order valence-corrected chi connectivity index (χ0v) is 22.6. The average molecular weight is 529 g/mol. The van der Waals surface area contributed by atoms with Crippen molar-refractivity contribution in [2.45, 2.75) is 43.2 Å². The van der Waals surface area contributed by atoms with E-state index in [9.17, 15) is 0 Å². The van der Waals surface area contributed by atoms with Crippen LogP contribution in [0.5, 0.6) is 5.75 Å². The van der Waals surface area contributed by atoms with Crippen LogP contribution >= 0.6 is 23.1 Å². The summed E-state index contributed by atoms with van der Waals surface area (Å²) in [5.41, 5.74) is 6.19. The molecule has 0 bridgehead atoms. The molecular weight excluding hydrogens is 504 g/mol. The fourth-order valence-corrected chi connectivity index (χ4v) is 6.68. The van der Waals surface area contributed by atoms with Gasteiger partial charge >= 0.3 is 0 Å². The second-order valence-electron chi connectivity index (χ2n) is 8.79. The molecule has 0 aliphatic rings. The van der Waals surface area contributed by atoms with Gasteiger partial charge in [0.2, 0.25) is 0 Å². The van der Waals surface area contributed by atoms with E-state index in [1.54, 1.807) is 30.2 Å². The van der Waals surface area contributed by atoms with E-state index < -0.39 is 0 Å². The Bertz CT molecular complexity index is 1740. The van der Waals surface area contributed by atoms with E-state index in [0.717, 1.165) is 70.3 Å². The van der Waals surface area contributed by atoms with Crippen molar-refractivity contribution in [1.29, 1.82) is 0 Å². The molecule has 0 saturated carbocycles. The smallest absolute Gasteiger partial charge is 0.176 e. The summed E-state index contributed by atoms with van der Waals surface area (Å²) in [4.78, 5) is 20.2. The summed E-state index contributed by atoms with van der Waals surface area (Å²) in [6.45, 7) is 8.03. The lowest BCUT2D eigenvalue weighted by molar-refractivity contribution is 0.393. The van der Waals surface area contributed by atoms with Crippen LogP contribution in [-0.4, -0.2) is 36.8 Å². The molecule has 0 unspecified atom stereocenters. The second kappa shape index (κ2) is 9.28. The molecule has 5 heterocycles. The monoisotopic (exact) mass is 528 g/mol. The first-order valence-corrected chi connectivity index (χ1v) is 13.4. The van der Waals surface area contributed by atoms with Gasteiger partial charge in [-0.2, -0.15) is 0 Å². The third-order valence-electron chi connectivity index (χ3n) is 6.39. The number of nitrogens with zero attached hydrogens (tertiary/aromatic N) is 6. The van der Waals surface area contributed by atoms with Gasteiger partial charge in [0.25, 0.3) is 0 Å². The lowest BCUT2D eigenvalue weighted by atomic mass is 10.0. The highest BCUT2D eigenvalue weighted by Crippen LogP contribution is 2.42. The Morgan fingerprint density at radius 2 is 1.92 bits per heavy atom. The van der Waals surface area contributed by atoms with Gasteiger partial charge in [0.15, 0.2) is 9.50 Å². The van der Waals surface area contributed by atoms with Crippen molar-refractivity contribution in [3.63, 3.8) is 0 Å². The first-order chi connectivity index (χ1) is 17.9. The van der Waals surface area contributed by atoms with Crippen LogP contribution in [0.15, 0.2) is 62.9 Å². The number of rotatable bonds is 6. The quantitative estimate of drug-likeness (QED) is 0.233. The number of hydrogen-bond donors (Lipinski definition) is 0. The number of aromatic nitrogens is 6. The topological polar surface area (TPSA) is 91.8 Å². The van der Waals surface area contributed by atoms with Crippen molar-refractivity contribution in [1.82, 2.24) is 29.7 Å². The summed E-state index contributed by atoms with van der Waals surface area (Å²) in [5, 5.41) is 5.92. The Labute approximate surface area is 221 Å².